The van der Waals surface area contributed by atoms with Crippen LogP contribution in [0.1, 0.15) is 36.2 Å². The van der Waals surface area contributed by atoms with E-state index in [9.17, 15) is 5.11 Å². The van der Waals surface area contributed by atoms with Gasteiger partial charge in [0.15, 0.2) is 0 Å². The van der Waals surface area contributed by atoms with Crippen LogP contribution in [0.25, 0.3) is 22.9 Å². The number of nitrogens with zero attached hydrogens (tertiary/aromatic N) is 3. The highest BCUT2D eigenvalue weighted by Crippen LogP contribution is 2.31. The molecule has 0 saturated heterocycles. The summed E-state index contributed by atoms with van der Waals surface area (Å²) in [4.78, 5) is 4.58. The van der Waals surface area contributed by atoms with Crippen LogP contribution in [-0.4, -0.2) is 44.7 Å². The van der Waals surface area contributed by atoms with Crippen molar-refractivity contribution in [2.45, 2.75) is 47.1 Å². The second kappa shape index (κ2) is 9.36. The molecule has 3 rings (SSSR count). The van der Waals surface area contributed by atoms with E-state index in [1.807, 2.05) is 39.0 Å². The minimum absolute atomic E-state index is 0.0292. The molecule has 0 bridgehead atoms. The number of aliphatic hydroxyl groups is 2. The summed E-state index contributed by atoms with van der Waals surface area (Å²) in [5.74, 6) is 2.06. The van der Waals surface area contributed by atoms with Crippen molar-refractivity contribution in [3.8, 4) is 28.7 Å². The minimum Gasteiger partial charge on any atom is -0.490 e. The van der Waals surface area contributed by atoms with E-state index < -0.39 is 6.10 Å². The molecule has 7 heteroatoms. The van der Waals surface area contributed by atoms with Crippen LogP contribution in [0.4, 0.5) is 0 Å². The molecular formula is C23H29N3O4. The maximum Gasteiger partial charge on any atom is 0.249 e. The Morgan fingerprint density at radius 3 is 2.13 bits per heavy atom. The van der Waals surface area contributed by atoms with Gasteiger partial charge in [0.1, 0.15) is 18.5 Å². The van der Waals surface area contributed by atoms with E-state index in [0.717, 1.165) is 39.9 Å². The van der Waals surface area contributed by atoms with Gasteiger partial charge < -0.3 is 19.4 Å². The molecular weight excluding hydrogens is 382 g/mol. The fourth-order valence-electron chi connectivity index (χ4n) is 3.31. The van der Waals surface area contributed by atoms with Gasteiger partial charge >= 0.3 is 0 Å². The summed E-state index contributed by atoms with van der Waals surface area (Å²) in [6.45, 7) is 9.91. The number of pyridine rings is 1. The monoisotopic (exact) mass is 411 g/mol. The molecule has 3 aromatic rings. The molecule has 7 nitrogen and oxygen atoms in total. The number of aryl methyl sites for hydroxylation is 3. The van der Waals surface area contributed by atoms with Crippen LogP contribution >= 0.6 is 0 Å². The minimum atomic E-state index is -0.911. The standard InChI is InChI=1S/C23H29N3O4/c1-13(2)6-20-14(3)7-18(10-24-20)23-26-25-22(30-23)17-8-15(4)21(16(5)9-17)29-12-19(28)11-27/h7-10,13,19,27-28H,6,11-12H2,1-5H3/t19-/m0/s1. The quantitative estimate of drug-likeness (QED) is 0.583. The first-order chi connectivity index (χ1) is 14.3. The predicted octanol–water partition coefficient (Wildman–Crippen LogP) is 3.65. The number of hydrogen-bond donors (Lipinski definition) is 2. The van der Waals surface area contributed by atoms with E-state index in [0.29, 0.717) is 23.4 Å². The summed E-state index contributed by atoms with van der Waals surface area (Å²) in [6.07, 6.45) is 1.80. The highest BCUT2D eigenvalue weighted by molar-refractivity contribution is 5.62. The number of ether oxygens (including phenoxy) is 1. The SMILES string of the molecule is Cc1cc(-c2nnc(-c3cc(C)c(OC[C@@H](O)CO)c(C)c3)o2)cnc1CC(C)C. The van der Waals surface area contributed by atoms with Crippen molar-refractivity contribution < 1.29 is 19.4 Å². The van der Waals surface area contributed by atoms with Gasteiger partial charge in [0.05, 0.1) is 12.2 Å². The van der Waals surface area contributed by atoms with Crippen LogP contribution in [0.2, 0.25) is 0 Å². The fourth-order valence-corrected chi connectivity index (χ4v) is 3.31. The molecule has 2 N–H and O–H groups in total. The first kappa shape index (κ1) is 21.9. The molecule has 0 unspecified atom stereocenters. The third-order valence-corrected chi connectivity index (χ3v) is 4.80. The zero-order valence-electron chi connectivity index (χ0n) is 18.1. The van der Waals surface area contributed by atoms with Crippen LogP contribution < -0.4 is 4.74 Å². The molecule has 0 fully saturated rings. The van der Waals surface area contributed by atoms with Crippen molar-refractivity contribution >= 4 is 0 Å². The van der Waals surface area contributed by atoms with Gasteiger partial charge in [-0.3, -0.25) is 4.98 Å². The van der Waals surface area contributed by atoms with Crippen molar-refractivity contribution in [3.63, 3.8) is 0 Å². The maximum absolute atomic E-state index is 9.51. The summed E-state index contributed by atoms with van der Waals surface area (Å²) in [5.41, 5.74) is 5.54. The Morgan fingerprint density at radius 1 is 0.967 bits per heavy atom. The Balaban J connectivity index is 1.83. The highest BCUT2D eigenvalue weighted by atomic mass is 16.5. The van der Waals surface area contributed by atoms with E-state index >= 15 is 0 Å². The van der Waals surface area contributed by atoms with Crippen LogP contribution in [-0.2, 0) is 6.42 Å². The lowest BCUT2D eigenvalue weighted by molar-refractivity contribution is 0.0532. The average molecular weight is 412 g/mol. The van der Waals surface area contributed by atoms with Crippen molar-refractivity contribution in [2.75, 3.05) is 13.2 Å². The number of aliphatic hydroxyl groups excluding tert-OH is 2. The molecule has 1 atom stereocenters. The van der Waals surface area contributed by atoms with Crippen molar-refractivity contribution in [1.29, 1.82) is 0 Å². The van der Waals surface area contributed by atoms with E-state index in [1.165, 1.54) is 0 Å². The van der Waals surface area contributed by atoms with Crippen LogP contribution in [0.3, 0.4) is 0 Å². The summed E-state index contributed by atoms with van der Waals surface area (Å²) in [5, 5.41) is 26.9. The van der Waals surface area contributed by atoms with Gasteiger partial charge in [-0.15, -0.1) is 10.2 Å². The molecule has 0 radical (unpaired) electrons. The van der Waals surface area contributed by atoms with Crippen molar-refractivity contribution in [2.24, 2.45) is 5.92 Å². The van der Waals surface area contributed by atoms with E-state index in [1.54, 1.807) is 6.20 Å². The second-order valence-corrected chi connectivity index (χ2v) is 8.08. The van der Waals surface area contributed by atoms with E-state index in [4.69, 9.17) is 14.3 Å². The lowest BCUT2D eigenvalue weighted by Crippen LogP contribution is -2.21. The van der Waals surface area contributed by atoms with Gasteiger partial charge in [0, 0.05) is 17.5 Å². The molecule has 2 aromatic heterocycles. The van der Waals surface area contributed by atoms with Gasteiger partial charge in [0.2, 0.25) is 11.8 Å². The Morgan fingerprint density at radius 2 is 1.57 bits per heavy atom. The van der Waals surface area contributed by atoms with Crippen LogP contribution in [0, 0.1) is 26.7 Å². The van der Waals surface area contributed by atoms with Gasteiger partial charge in [-0.25, -0.2) is 0 Å². The first-order valence-electron chi connectivity index (χ1n) is 10.1. The van der Waals surface area contributed by atoms with Crippen LogP contribution in [0.15, 0.2) is 28.8 Å². The Bertz CT molecular complexity index is 990. The smallest absolute Gasteiger partial charge is 0.249 e. The zero-order chi connectivity index (χ0) is 21.8. The van der Waals surface area contributed by atoms with Gasteiger partial charge in [-0.1, -0.05) is 13.8 Å². The molecule has 0 spiro atoms. The molecule has 0 aliphatic heterocycles. The number of hydrogen-bond acceptors (Lipinski definition) is 7. The summed E-state index contributed by atoms with van der Waals surface area (Å²) in [7, 11) is 0. The molecule has 30 heavy (non-hydrogen) atoms. The largest absolute Gasteiger partial charge is 0.490 e. The third-order valence-electron chi connectivity index (χ3n) is 4.80. The third kappa shape index (κ3) is 5.04. The van der Waals surface area contributed by atoms with Gasteiger partial charge in [0.25, 0.3) is 0 Å². The van der Waals surface area contributed by atoms with Gasteiger partial charge in [-0.05, 0) is 68.0 Å². The zero-order valence-corrected chi connectivity index (χ0v) is 18.1. The highest BCUT2D eigenvalue weighted by Gasteiger charge is 2.16. The fraction of sp³-hybridized carbons (Fsp3) is 0.435. The molecule has 0 saturated carbocycles. The molecule has 2 heterocycles. The lowest BCUT2D eigenvalue weighted by atomic mass is 10.0. The van der Waals surface area contributed by atoms with E-state index in [-0.39, 0.29) is 13.2 Å². The maximum atomic E-state index is 9.51. The molecule has 1 aromatic carbocycles. The Hall–Kier alpha value is -2.77. The topological polar surface area (TPSA) is 102 Å². The normalized spacial score (nSPS) is 12.4. The average Bonchev–Trinajstić information content (AvgIpc) is 3.18. The Labute approximate surface area is 176 Å². The number of aromatic nitrogens is 3. The van der Waals surface area contributed by atoms with Gasteiger partial charge in [-0.2, -0.15) is 0 Å². The Kier molecular flexibility index (Phi) is 6.84. The van der Waals surface area contributed by atoms with Crippen molar-refractivity contribution in [1.82, 2.24) is 15.2 Å². The summed E-state index contributed by atoms with van der Waals surface area (Å²) in [6, 6.07) is 5.84. The molecule has 0 aliphatic rings. The number of benzene rings is 1. The van der Waals surface area contributed by atoms with E-state index in [2.05, 4.69) is 29.0 Å². The molecule has 160 valence electrons. The first-order valence-corrected chi connectivity index (χ1v) is 10.1. The molecule has 0 aliphatic carbocycles. The lowest BCUT2D eigenvalue weighted by Gasteiger charge is -2.15. The molecule has 0 amide bonds. The number of rotatable bonds is 8. The predicted molar refractivity (Wildman–Crippen MR) is 114 cm³/mol. The van der Waals surface area contributed by atoms with Crippen molar-refractivity contribution in [3.05, 3.63) is 46.8 Å². The summed E-state index contributed by atoms with van der Waals surface area (Å²) < 4.78 is 11.6. The second-order valence-electron chi connectivity index (χ2n) is 8.08. The summed E-state index contributed by atoms with van der Waals surface area (Å²) >= 11 is 0. The van der Waals surface area contributed by atoms with Crippen LogP contribution in [0.5, 0.6) is 5.75 Å².